The molecule has 1 aliphatic rings. The second-order valence-corrected chi connectivity index (χ2v) is 6.99. The van der Waals surface area contributed by atoms with Crippen molar-refractivity contribution in [2.75, 3.05) is 5.73 Å². The van der Waals surface area contributed by atoms with E-state index in [4.69, 9.17) is 5.73 Å². The zero-order valence-corrected chi connectivity index (χ0v) is 12.0. The molecular weight excluding hydrogens is 286 g/mol. The van der Waals surface area contributed by atoms with Crippen molar-refractivity contribution in [3.8, 4) is 0 Å². The highest BCUT2D eigenvalue weighted by Gasteiger charge is 2.29. The molecule has 20 heavy (non-hydrogen) atoms. The lowest BCUT2D eigenvalue weighted by Crippen LogP contribution is -2.41. The Morgan fingerprint density at radius 1 is 1.25 bits per heavy atom. The van der Waals surface area contributed by atoms with E-state index in [-0.39, 0.29) is 17.6 Å². The summed E-state index contributed by atoms with van der Waals surface area (Å²) >= 11 is 0. The molecule has 4 nitrogen and oxygen atoms in total. The summed E-state index contributed by atoms with van der Waals surface area (Å²) in [7, 11) is -4.11. The summed E-state index contributed by atoms with van der Waals surface area (Å²) in [5, 5.41) is 0. The number of rotatable bonds is 3. The van der Waals surface area contributed by atoms with Gasteiger partial charge >= 0.3 is 0 Å². The Morgan fingerprint density at radius 2 is 1.90 bits per heavy atom. The van der Waals surface area contributed by atoms with Crippen LogP contribution in [-0.2, 0) is 10.0 Å². The van der Waals surface area contributed by atoms with Gasteiger partial charge in [0.05, 0.1) is 0 Å². The molecule has 7 heteroatoms. The van der Waals surface area contributed by atoms with E-state index in [9.17, 15) is 17.2 Å². The average molecular weight is 304 g/mol. The fourth-order valence-electron chi connectivity index (χ4n) is 2.53. The normalized spacial score (nSPS) is 23.8. The van der Waals surface area contributed by atoms with Crippen molar-refractivity contribution in [1.82, 2.24) is 4.72 Å². The molecule has 3 N–H and O–H groups in total. The molecule has 0 amide bonds. The summed E-state index contributed by atoms with van der Waals surface area (Å²) in [6, 6.07) is 1.45. The van der Waals surface area contributed by atoms with Crippen molar-refractivity contribution >= 4 is 15.7 Å². The Morgan fingerprint density at radius 3 is 2.55 bits per heavy atom. The molecule has 1 aliphatic carbocycles. The van der Waals surface area contributed by atoms with Crippen LogP contribution in [0.1, 0.15) is 32.6 Å². The molecule has 0 heterocycles. The number of nitrogens with two attached hydrogens (primary N) is 1. The van der Waals surface area contributed by atoms with Crippen LogP contribution in [0.4, 0.5) is 14.5 Å². The number of benzene rings is 1. The van der Waals surface area contributed by atoms with Crippen LogP contribution in [0.25, 0.3) is 0 Å². The number of nitrogen functional groups attached to an aromatic ring is 1. The second kappa shape index (κ2) is 5.65. The molecule has 2 atom stereocenters. The summed E-state index contributed by atoms with van der Waals surface area (Å²) in [5.41, 5.74) is 5.26. The predicted octanol–water partition coefficient (Wildman–Crippen LogP) is 2.40. The van der Waals surface area contributed by atoms with Crippen molar-refractivity contribution in [1.29, 1.82) is 0 Å². The Hall–Kier alpha value is -1.21. The molecule has 0 aromatic heterocycles. The molecule has 1 aromatic carbocycles. The van der Waals surface area contributed by atoms with E-state index >= 15 is 0 Å². The quantitative estimate of drug-likeness (QED) is 0.842. The molecule has 1 saturated carbocycles. The van der Waals surface area contributed by atoms with Crippen molar-refractivity contribution in [3.05, 3.63) is 23.8 Å². The topological polar surface area (TPSA) is 72.2 Å². The molecule has 1 aromatic rings. The minimum atomic E-state index is -4.11. The van der Waals surface area contributed by atoms with Crippen LogP contribution >= 0.6 is 0 Å². The molecule has 2 rings (SSSR count). The summed E-state index contributed by atoms with van der Waals surface area (Å²) in [5.74, 6) is -2.48. The van der Waals surface area contributed by atoms with Crippen molar-refractivity contribution in [2.24, 2.45) is 5.92 Å². The first-order valence-corrected chi connectivity index (χ1v) is 8.06. The van der Waals surface area contributed by atoms with Gasteiger partial charge in [0.2, 0.25) is 10.0 Å². The summed E-state index contributed by atoms with van der Waals surface area (Å²) in [4.78, 5) is -0.729. The van der Waals surface area contributed by atoms with Gasteiger partial charge in [-0.25, -0.2) is 21.9 Å². The third-order valence-electron chi connectivity index (χ3n) is 3.72. The van der Waals surface area contributed by atoms with Gasteiger partial charge in [0.15, 0.2) is 11.6 Å². The Bertz CT molecular complexity index is 605. The van der Waals surface area contributed by atoms with Gasteiger partial charge in [0, 0.05) is 11.7 Å². The van der Waals surface area contributed by atoms with E-state index in [0.29, 0.717) is 6.42 Å². The SMILES string of the molecule is CC1CCCCC1NS(=O)(=O)c1cc(N)cc(F)c1F. The van der Waals surface area contributed by atoms with E-state index in [0.717, 1.165) is 31.4 Å². The van der Waals surface area contributed by atoms with Gasteiger partial charge in [-0.3, -0.25) is 0 Å². The summed E-state index contributed by atoms with van der Waals surface area (Å²) < 4.78 is 53.8. The third kappa shape index (κ3) is 3.09. The highest BCUT2D eigenvalue weighted by atomic mass is 32.2. The minimum absolute atomic E-state index is 0.124. The molecule has 0 bridgehead atoms. The highest BCUT2D eigenvalue weighted by Crippen LogP contribution is 2.27. The molecule has 0 saturated heterocycles. The van der Waals surface area contributed by atoms with Crippen molar-refractivity contribution in [2.45, 2.75) is 43.5 Å². The van der Waals surface area contributed by atoms with Crippen LogP contribution in [0.2, 0.25) is 0 Å². The van der Waals surface area contributed by atoms with E-state index in [1.54, 1.807) is 0 Å². The Balaban J connectivity index is 2.31. The highest BCUT2D eigenvalue weighted by molar-refractivity contribution is 7.89. The van der Waals surface area contributed by atoms with Crippen LogP contribution in [0.15, 0.2) is 17.0 Å². The Kier molecular flexibility index (Phi) is 4.29. The number of hydrogen-bond donors (Lipinski definition) is 2. The molecule has 0 aliphatic heterocycles. The largest absolute Gasteiger partial charge is 0.399 e. The number of anilines is 1. The number of nitrogens with one attached hydrogen (secondary N) is 1. The van der Waals surface area contributed by atoms with Gasteiger partial charge in [0.1, 0.15) is 4.90 Å². The van der Waals surface area contributed by atoms with Crippen LogP contribution in [0.5, 0.6) is 0 Å². The van der Waals surface area contributed by atoms with Gasteiger partial charge in [-0.1, -0.05) is 19.8 Å². The molecule has 0 radical (unpaired) electrons. The van der Waals surface area contributed by atoms with E-state index < -0.39 is 26.6 Å². The fraction of sp³-hybridized carbons (Fsp3) is 0.538. The van der Waals surface area contributed by atoms with E-state index in [2.05, 4.69) is 4.72 Å². The van der Waals surface area contributed by atoms with Gasteiger partial charge in [0.25, 0.3) is 0 Å². The maximum atomic E-state index is 13.7. The van der Waals surface area contributed by atoms with E-state index in [1.165, 1.54) is 0 Å². The van der Waals surface area contributed by atoms with Gasteiger partial charge in [-0.05, 0) is 30.9 Å². The van der Waals surface area contributed by atoms with Gasteiger partial charge in [-0.15, -0.1) is 0 Å². The molecular formula is C13H18F2N2O2S. The van der Waals surface area contributed by atoms with Gasteiger partial charge in [-0.2, -0.15) is 0 Å². The minimum Gasteiger partial charge on any atom is -0.399 e. The molecule has 1 fully saturated rings. The number of halogens is 2. The summed E-state index contributed by atoms with van der Waals surface area (Å²) in [6.07, 6.45) is 3.60. The van der Waals surface area contributed by atoms with Crippen molar-refractivity contribution in [3.63, 3.8) is 0 Å². The first-order chi connectivity index (χ1) is 9.31. The fourth-order valence-corrected chi connectivity index (χ4v) is 4.03. The third-order valence-corrected chi connectivity index (χ3v) is 5.21. The van der Waals surface area contributed by atoms with Crippen LogP contribution in [0.3, 0.4) is 0 Å². The number of hydrogen-bond acceptors (Lipinski definition) is 3. The molecule has 0 spiro atoms. The lowest BCUT2D eigenvalue weighted by molar-refractivity contribution is 0.310. The Labute approximate surface area is 117 Å². The number of sulfonamides is 1. The van der Waals surface area contributed by atoms with Gasteiger partial charge < -0.3 is 5.73 Å². The predicted molar refractivity (Wildman–Crippen MR) is 72.5 cm³/mol. The first kappa shape index (κ1) is 15.2. The van der Waals surface area contributed by atoms with Crippen molar-refractivity contribution < 1.29 is 17.2 Å². The van der Waals surface area contributed by atoms with E-state index in [1.807, 2.05) is 6.92 Å². The lowest BCUT2D eigenvalue weighted by atomic mass is 9.87. The zero-order chi connectivity index (χ0) is 14.9. The van der Waals surface area contributed by atoms with Crippen LogP contribution in [-0.4, -0.2) is 14.5 Å². The van der Waals surface area contributed by atoms with Crippen LogP contribution in [0, 0.1) is 17.6 Å². The first-order valence-electron chi connectivity index (χ1n) is 6.58. The summed E-state index contributed by atoms with van der Waals surface area (Å²) in [6.45, 7) is 1.95. The zero-order valence-electron chi connectivity index (χ0n) is 11.2. The lowest BCUT2D eigenvalue weighted by Gasteiger charge is -2.29. The maximum Gasteiger partial charge on any atom is 0.243 e. The monoisotopic (exact) mass is 304 g/mol. The van der Waals surface area contributed by atoms with Crippen LogP contribution < -0.4 is 10.5 Å². The standard InChI is InChI=1S/C13H18F2N2O2S/c1-8-4-2-3-5-11(8)17-20(18,19)12-7-9(16)6-10(14)13(12)15/h6-8,11,17H,2-5,16H2,1H3. The second-order valence-electron chi connectivity index (χ2n) is 5.30. The average Bonchev–Trinajstić information content (AvgIpc) is 2.36. The molecule has 2 unspecified atom stereocenters. The molecule has 112 valence electrons. The smallest absolute Gasteiger partial charge is 0.243 e. The maximum absolute atomic E-state index is 13.7.